The van der Waals surface area contributed by atoms with Gasteiger partial charge in [0.05, 0.1) is 12.2 Å². The van der Waals surface area contributed by atoms with E-state index < -0.39 is 5.97 Å². The largest absolute Gasteiger partial charge is 0.462 e. The Balaban J connectivity index is 2.64. The Kier molecular flexibility index (Phi) is 5.75. The molecule has 0 aliphatic heterocycles. The van der Waals surface area contributed by atoms with Crippen molar-refractivity contribution in [2.24, 2.45) is 0 Å². The van der Waals surface area contributed by atoms with Crippen LogP contribution in [0.5, 0.6) is 0 Å². The lowest BCUT2D eigenvalue weighted by Crippen LogP contribution is -2.09. The summed E-state index contributed by atoms with van der Waals surface area (Å²) in [6, 6.07) is 7.03. The molecule has 0 amide bonds. The zero-order valence-electron chi connectivity index (χ0n) is 12.4. The first-order valence-electron chi connectivity index (χ1n) is 7.06. The van der Waals surface area contributed by atoms with Crippen molar-refractivity contribution >= 4 is 54.4 Å². The second kappa shape index (κ2) is 7.38. The van der Waals surface area contributed by atoms with Crippen molar-refractivity contribution in [3.8, 4) is 0 Å². The second-order valence-corrected chi connectivity index (χ2v) is 6.69. The third-order valence-electron chi connectivity index (χ3n) is 3.39. The van der Waals surface area contributed by atoms with Crippen LogP contribution in [-0.4, -0.2) is 18.4 Å². The van der Waals surface area contributed by atoms with Crippen molar-refractivity contribution in [2.45, 2.75) is 26.7 Å². The molecule has 2 aromatic carbocycles. The first kappa shape index (κ1) is 17.2. The fraction of sp³-hybridized carbons (Fsp3) is 0.294. The Labute approximate surface area is 146 Å². The molecule has 0 heterocycles. The highest BCUT2D eigenvalue weighted by molar-refractivity contribution is 9.11. The van der Waals surface area contributed by atoms with Crippen LogP contribution in [0.15, 0.2) is 33.2 Å². The number of carbonyl (C=O) groups is 2. The molecule has 0 aromatic heterocycles. The average molecular weight is 428 g/mol. The van der Waals surface area contributed by atoms with Gasteiger partial charge in [0.1, 0.15) is 0 Å². The summed E-state index contributed by atoms with van der Waals surface area (Å²) in [5.41, 5.74) is 0.933. The first-order valence-corrected chi connectivity index (χ1v) is 8.64. The number of ether oxygens (including phenoxy) is 1. The number of carbonyl (C=O) groups excluding carboxylic acids is 2. The third kappa shape index (κ3) is 3.41. The Morgan fingerprint density at radius 2 is 1.59 bits per heavy atom. The van der Waals surface area contributed by atoms with Crippen LogP contribution in [0.3, 0.4) is 0 Å². The SMILES string of the molecule is CCCCOC(=O)c1ccc(Br)c2c(Br)ccc(C(C)=O)c12. The van der Waals surface area contributed by atoms with Crippen LogP contribution >= 0.6 is 31.9 Å². The number of benzene rings is 2. The van der Waals surface area contributed by atoms with Crippen LogP contribution in [-0.2, 0) is 4.74 Å². The van der Waals surface area contributed by atoms with E-state index in [0.717, 1.165) is 27.2 Å². The number of hydrogen-bond donors (Lipinski definition) is 0. The molecule has 0 aliphatic carbocycles. The van der Waals surface area contributed by atoms with Gasteiger partial charge in [-0.15, -0.1) is 0 Å². The van der Waals surface area contributed by atoms with Gasteiger partial charge in [0, 0.05) is 25.3 Å². The molecule has 0 aliphatic rings. The van der Waals surface area contributed by atoms with Crippen molar-refractivity contribution in [3.05, 3.63) is 44.3 Å². The molecule has 0 fully saturated rings. The summed E-state index contributed by atoms with van der Waals surface area (Å²) < 4.78 is 6.95. The van der Waals surface area contributed by atoms with Crippen LogP contribution in [0.4, 0.5) is 0 Å². The van der Waals surface area contributed by atoms with E-state index in [1.807, 2.05) is 13.0 Å². The van der Waals surface area contributed by atoms with E-state index in [9.17, 15) is 9.59 Å². The Morgan fingerprint density at radius 1 is 1.00 bits per heavy atom. The fourth-order valence-corrected chi connectivity index (χ4v) is 3.62. The molecule has 0 N–H and O–H groups in total. The van der Waals surface area contributed by atoms with Crippen LogP contribution in [0.1, 0.15) is 47.4 Å². The summed E-state index contributed by atoms with van der Waals surface area (Å²) in [7, 11) is 0. The molecule has 0 atom stereocenters. The highest BCUT2D eigenvalue weighted by Crippen LogP contribution is 2.36. The summed E-state index contributed by atoms with van der Waals surface area (Å²) in [6.45, 7) is 3.92. The zero-order chi connectivity index (χ0) is 16.3. The monoisotopic (exact) mass is 426 g/mol. The first-order chi connectivity index (χ1) is 10.5. The highest BCUT2D eigenvalue weighted by atomic mass is 79.9. The van der Waals surface area contributed by atoms with Crippen LogP contribution < -0.4 is 0 Å². The van der Waals surface area contributed by atoms with Gasteiger partial charge in [-0.2, -0.15) is 0 Å². The van der Waals surface area contributed by atoms with Crippen LogP contribution in [0.2, 0.25) is 0 Å². The lowest BCUT2D eigenvalue weighted by molar-refractivity contribution is 0.0502. The molecule has 2 rings (SSSR count). The molecule has 116 valence electrons. The normalized spacial score (nSPS) is 10.7. The van der Waals surface area contributed by atoms with E-state index >= 15 is 0 Å². The predicted molar refractivity (Wildman–Crippen MR) is 94.5 cm³/mol. The van der Waals surface area contributed by atoms with Crippen molar-refractivity contribution in [2.75, 3.05) is 6.61 Å². The van der Waals surface area contributed by atoms with Gasteiger partial charge in [0.25, 0.3) is 0 Å². The van der Waals surface area contributed by atoms with E-state index in [-0.39, 0.29) is 5.78 Å². The van der Waals surface area contributed by atoms with Gasteiger partial charge >= 0.3 is 5.97 Å². The fourth-order valence-electron chi connectivity index (χ4n) is 2.26. The molecule has 0 saturated carbocycles. The minimum absolute atomic E-state index is 0.0850. The number of hydrogen-bond acceptors (Lipinski definition) is 3. The van der Waals surface area contributed by atoms with Crippen LogP contribution in [0.25, 0.3) is 10.8 Å². The molecular weight excluding hydrogens is 412 g/mol. The van der Waals surface area contributed by atoms with Gasteiger partial charge < -0.3 is 4.74 Å². The molecule has 0 bridgehead atoms. The molecule has 0 unspecified atom stereocenters. The van der Waals surface area contributed by atoms with Gasteiger partial charge in [-0.05, 0) is 37.6 Å². The van der Waals surface area contributed by atoms with E-state index in [1.165, 1.54) is 6.92 Å². The second-order valence-electron chi connectivity index (χ2n) is 4.99. The minimum atomic E-state index is -0.397. The molecule has 0 spiro atoms. The molecule has 22 heavy (non-hydrogen) atoms. The van der Waals surface area contributed by atoms with Gasteiger partial charge in [0.2, 0.25) is 0 Å². The number of rotatable bonds is 5. The molecule has 0 radical (unpaired) electrons. The molecule has 2 aromatic rings. The molecule has 5 heteroatoms. The summed E-state index contributed by atoms with van der Waals surface area (Å²) in [5.74, 6) is -0.482. The van der Waals surface area contributed by atoms with Gasteiger partial charge in [-0.25, -0.2) is 4.79 Å². The smallest absolute Gasteiger partial charge is 0.338 e. The predicted octanol–water partition coefficient (Wildman–Crippen LogP) is 5.52. The summed E-state index contributed by atoms with van der Waals surface area (Å²) in [5, 5.41) is 1.43. The lowest BCUT2D eigenvalue weighted by atomic mass is 9.97. The quantitative estimate of drug-likeness (QED) is 0.358. The third-order valence-corrected chi connectivity index (χ3v) is 4.71. The average Bonchev–Trinajstić information content (AvgIpc) is 2.47. The molecule has 3 nitrogen and oxygen atoms in total. The lowest BCUT2D eigenvalue weighted by Gasteiger charge is -2.13. The minimum Gasteiger partial charge on any atom is -0.462 e. The van der Waals surface area contributed by atoms with Crippen molar-refractivity contribution in [1.82, 2.24) is 0 Å². The topological polar surface area (TPSA) is 43.4 Å². The maximum Gasteiger partial charge on any atom is 0.338 e. The summed E-state index contributed by atoms with van der Waals surface area (Å²) >= 11 is 6.97. The molecular formula is C17H16Br2O3. The zero-order valence-corrected chi connectivity index (χ0v) is 15.6. The van der Waals surface area contributed by atoms with E-state index in [0.29, 0.717) is 23.1 Å². The van der Waals surface area contributed by atoms with Crippen molar-refractivity contribution in [3.63, 3.8) is 0 Å². The number of ketones is 1. The standard InChI is InChI=1S/C17H16Br2O3/c1-3-4-9-22-17(21)12-6-8-14(19)16-13(18)7-5-11(10(2)20)15(12)16/h5-8H,3-4,9H2,1-2H3. The number of fused-ring (bicyclic) bond motifs is 1. The number of esters is 1. The maximum absolute atomic E-state index is 12.4. The number of halogens is 2. The van der Waals surface area contributed by atoms with E-state index in [1.54, 1.807) is 18.2 Å². The highest BCUT2D eigenvalue weighted by Gasteiger charge is 2.19. The van der Waals surface area contributed by atoms with E-state index in [2.05, 4.69) is 31.9 Å². The van der Waals surface area contributed by atoms with Gasteiger partial charge in [0.15, 0.2) is 5.78 Å². The molecule has 0 saturated heterocycles. The number of Topliss-reactive ketones (excluding diaryl/α,β-unsaturated/α-hetero) is 1. The van der Waals surface area contributed by atoms with Crippen molar-refractivity contribution < 1.29 is 14.3 Å². The van der Waals surface area contributed by atoms with E-state index in [4.69, 9.17) is 4.74 Å². The van der Waals surface area contributed by atoms with Crippen molar-refractivity contribution in [1.29, 1.82) is 0 Å². The van der Waals surface area contributed by atoms with Crippen LogP contribution in [0, 0.1) is 0 Å². The Morgan fingerprint density at radius 3 is 2.14 bits per heavy atom. The summed E-state index contributed by atoms with van der Waals surface area (Å²) in [6.07, 6.45) is 1.78. The van der Waals surface area contributed by atoms with Gasteiger partial charge in [-0.3, -0.25) is 4.79 Å². The number of unbranched alkanes of at least 4 members (excludes halogenated alkanes) is 1. The Hall–Kier alpha value is -1.20. The maximum atomic E-state index is 12.4. The van der Waals surface area contributed by atoms with Gasteiger partial charge in [-0.1, -0.05) is 45.2 Å². The summed E-state index contributed by atoms with van der Waals surface area (Å²) in [4.78, 5) is 24.3. The Bertz CT molecular complexity index is 730.